The standard InChI is InChI=1S/C9H15NO2/c1-8(11)6-10-5-3-4-9(10)7-12-2/h1,9H,3-7H2,2H3/t9-/m0/s1. The van der Waals surface area contributed by atoms with Crippen LogP contribution in [0.15, 0.2) is 0 Å². The van der Waals surface area contributed by atoms with Crippen LogP contribution in [0.4, 0.5) is 0 Å². The predicted octanol–water partition coefficient (Wildman–Crippen LogP) is 0.377. The summed E-state index contributed by atoms with van der Waals surface area (Å²) in [6.07, 6.45) is 2.25. The molecule has 0 amide bonds. The van der Waals surface area contributed by atoms with Gasteiger partial charge in [0.05, 0.1) is 13.2 Å². The highest BCUT2D eigenvalue weighted by molar-refractivity contribution is 5.84. The summed E-state index contributed by atoms with van der Waals surface area (Å²) in [5.74, 6) is -0.252. The lowest BCUT2D eigenvalue weighted by Gasteiger charge is -2.21. The third-order valence-electron chi connectivity index (χ3n) is 2.22. The molecular formula is C9H15NO2. The second-order valence-electron chi connectivity index (χ2n) is 3.19. The van der Waals surface area contributed by atoms with Gasteiger partial charge in [0.2, 0.25) is 0 Å². The molecular weight excluding hydrogens is 154 g/mol. The van der Waals surface area contributed by atoms with E-state index < -0.39 is 0 Å². The van der Waals surface area contributed by atoms with Crippen molar-refractivity contribution in [2.24, 2.45) is 0 Å². The number of rotatable bonds is 4. The van der Waals surface area contributed by atoms with Gasteiger partial charge in [0, 0.05) is 20.1 Å². The molecule has 0 saturated carbocycles. The normalized spacial score (nSPS) is 24.7. The van der Waals surface area contributed by atoms with E-state index in [0.29, 0.717) is 19.2 Å². The van der Waals surface area contributed by atoms with Gasteiger partial charge in [0.25, 0.3) is 0 Å². The first-order chi connectivity index (χ1) is 5.74. The van der Waals surface area contributed by atoms with Crippen LogP contribution in [0.5, 0.6) is 0 Å². The number of Topliss-reactive ketones (excluding diaryl/α,β-unsaturated/α-hetero) is 1. The molecule has 0 unspecified atom stereocenters. The van der Waals surface area contributed by atoms with E-state index in [1.54, 1.807) is 7.11 Å². The third kappa shape index (κ3) is 2.57. The topological polar surface area (TPSA) is 29.5 Å². The Bertz CT molecular complexity index is 159. The van der Waals surface area contributed by atoms with Gasteiger partial charge in [-0.25, -0.2) is 0 Å². The van der Waals surface area contributed by atoms with Gasteiger partial charge in [-0.2, -0.15) is 0 Å². The Morgan fingerprint density at radius 3 is 3.08 bits per heavy atom. The molecule has 1 aliphatic rings. The molecule has 0 spiro atoms. The van der Waals surface area contributed by atoms with Gasteiger partial charge in [-0.1, -0.05) is 0 Å². The summed E-state index contributed by atoms with van der Waals surface area (Å²) in [7, 11) is 1.68. The van der Waals surface area contributed by atoms with Crippen LogP contribution in [0.25, 0.3) is 0 Å². The number of ether oxygens (including phenoxy) is 1. The largest absolute Gasteiger partial charge is 0.383 e. The average Bonchev–Trinajstić information content (AvgIpc) is 2.37. The van der Waals surface area contributed by atoms with Gasteiger partial charge < -0.3 is 4.74 Å². The van der Waals surface area contributed by atoms with Crippen LogP contribution in [-0.4, -0.2) is 43.5 Å². The number of carbonyl (C=O) groups is 1. The Balaban J connectivity index is 2.35. The van der Waals surface area contributed by atoms with Gasteiger partial charge in [-0.15, -0.1) is 0 Å². The lowest BCUT2D eigenvalue weighted by atomic mass is 10.2. The first kappa shape index (κ1) is 9.68. The average molecular weight is 169 g/mol. The highest BCUT2D eigenvalue weighted by Crippen LogP contribution is 2.16. The fraction of sp³-hybridized carbons (Fsp3) is 0.778. The van der Waals surface area contributed by atoms with E-state index >= 15 is 0 Å². The number of hydrogen-bond donors (Lipinski definition) is 0. The molecule has 1 aliphatic heterocycles. The number of likely N-dealkylation sites (tertiary alicyclic amines) is 1. The third-order valence-corrected chi connectivity index (χ3v) is 2.22. The molecule has 1 atom stereocenters. The highest BCUT2D eigenvalue weighted by atomic mass is 16.5. The van der Waals surface area contributed by atoms with Crippen LogP contribution < -0.4 is 0 Å². The summed E-state index contributed by atoms with van der Waals surface area (Å²) in [6.45, 7) is 7.15. The zero-order valence-corrected chi connectivity index (χ0v) is 7.45. The smallest absolute Gasteiger partial charge is 0.151 e. The molecule has 1 fully saturated rings. The summed E-state index contributed by atoms with van der Waals surface area (Å²) < 4.78 is 5.04. The van der Waals surface area contributed by atoms with Gasteiger partial charge in [0.1, 0.15) is 0 Å². The molecule has 0 aliphatic carbocycles. The summed E-state index contributed by atoms with van der Waals surface area (Å²) in [4.78, 5) is 12.7. The Kier molecular flexibility index (Phi) is 3.69. The minimum Gasteiger partial charge on any atom is -0.383 e. The lowest BCUT2D eigenvalue weighted by molar-refractivity contribution is -0.116. The van der Waals surface area contributed by atoms with Crippen molar-refractivity contribution in [1.29, 1.82) is 0 Å². The van der Waals surface area contributed by atoms with Crippen molar-refractivity contribution < 1.29 is 9.53 Å². The quantitative estimate of drug-likeness (QED) is 0.609. The fourth-order valence-electron chi connectivity index (χ4n) is 1.68. The molecule has 68 valence electrons. The zero-order valence-electron chi connectivity index (χ0n) is 7.45. The van der Waals surface area contributed by atoms with E-state index in [1.807, 2.05) is 0 Å². The number of hydrogen-bond acceptors (Lipinski definition) is 3. The van der Waals surface area contributed by atoms with Gasteiger partial charge in [0.15, 0.2) is 5.78 Å². The maximum Gasteiger partial charge on any atom is 0.151 e. The molecule has 0 aromatic rings. The number of nitrogens with zero attached hydrogens (tertiary/aromatic N) is 1. The summed E-state index contributed by atoms with van der Waals surface area (Å²) in [5, 5.41) is 0. The van der Waals surface area contributed by atoms with E-state index in [4.69, 9.17) is 11.7 Å². The molecule has 0 bridgehead atoms. The monoisotopic (exact) mass is 169 g/mol. The van der Waals surface area contributed by atoms with Crippen LogP contribution >= 0.6 is 0 Å². The van der Waals surface area contributed by atoms with Crippen molar-refractivity contribution in [2.45, 2.75) is 18.9 Å². The zero-order chi connectivity index (χ0) is 8.97. The Labute approximate surface area is 73.7 Å². The molecule has 0 aromatic carbocycles. The number of ketones is 1. The van der Waals surface area contributed by atoms with Crippen molar-refractivity contribution in [3.8, 4) is 0 Å². The highest BCUT2D eigenvalue weighted by Gasteiger charge is 2.24. The molecule has 3 heteroatoms. The van der Waals surface area contributed by atoms with E-state index in [0.717, 1.165) is 19.4 Å². The SMILES string of the molecule is [CH]C(=O)CN1CCC[C@H]1COC. The number of carbonyl (C=O) groups excluding carboxylic acids is 1. The molecule has 3 nitrogen and oxygen atoms in total. The lowest BCUT2D eigenvalue weighted by Crippen LogP contribution is -2.36. The van der Waals surface area contributed by atoms with Crippen LogP contribution in [0.1, 0.15) is 12.8 Å². The van der Waals surface area contributed by atoms with Gasteiger partial charge in [-0.3, -0.25) is 9.69 Å². The molecule has 0 aromatic heterocycles. The van der Waals surface area contributed by atoms with E-state index in [1.165, 1.54) is 0 Å². The fourth-order valence-corrected chi connectivity index (χ4v) is 1.68. The Morgan fingerprint density at radius 1 is 1.75 bits per heavy atom. The van der Waals surface area contributed by atoms with Gasteiger partial charge >= 0.3 is 0 Å². The van der Waals surface area contributed by atoms with E-state index in [9.17, 15) is 4.79 Å². The summed E-state index contributed by atoms with van der Waals surface area (Å²) in [6, 6.07) is 0.391. The minimum atomic E-state index is -0.252. The van der Waals surface area contributed by atoms with Crippen LogP contribution in [0, 0.1) is 6.92 Å². The minimum absolute atomic E-state index is 0.252. The first-order valence-corrected chi connectivity index (χ1v) is 4.25. The first-order valence-electron chi connectivity index (χ1n) is 4.25. The maximum absolute atomic E-state index is 10.6. The Morgan fingerprint density at radius 2 is 2.50 bits per heavy atom. The van der Waals surface area contributed by atoms with Crippen molar-refractivity contribution >= 4 is 5.78 Å². The molecule has 0 N–H and O–H groups in total. The molecule has 1 heterocycles. The summed E-state index contributed by atoms with van der Waals surface area (Å²) in [5.41, 5.74) is 0. The van der Waals surface area contributed by atoms with Crippen molar-refractivity contribution in [2.75, 3.05) is 26.8 Å². The van der Waals surface area contributed by atoms with Gasteiger partial charge in [-0.05, 0) is 19.4 Å². The van der Waals surface area contributed by atoms with Crippen molar-refractivity contribution in [3.63, 3.8) is 0 Å². The predicted molar refractivity (Wildman–Crippen MR) is 45.8 cm³/mol. The van der Waals surface area contributed by atoms with Crippen molar-refractivity contribution in [3.05, 3.63) is 6.92 Å². The van der Waals surface area contributed by atoms with E-state index in [-0.39, 0.29) is 5.78 Å². The van der Waals surface area contributed by atoms with Crippen LogP contribution in [0.2, 0.25) is 0 Å². The second-order valence-corrected chi connectivity index (χ2v) is 3.19. The number of methoxy groups -OCH3 is 1. The van der Waals surface area contributed by atoms with E-state index in [2.05, 4.69) is 4.90 Å². The molecule has 2 radical (unpaired) electrons. The van der Waals surface area contributed by atoms with Crippen LogP contribution in [-0.2, 0) is 9.53 Å². The second kappa shape index (κ2) is 4.58. The Hall–Kier alpha value is -0.410. The maximum atomic E-state index is 10.6. The molecule has 1 rings (SSSR count). The van der Waals surface area contributed by atoms with Crippen LogP contribution in [0.3, 0.4) is 0 Å². The van der Waals surface area contributed by atoms with Crippen molar-refractivity contribution in [1.82, 2.24) is 4.90 Å². The molecule has 12 heavy (non-hydrogen) atoms. The molecule has 1 saturated heterocycles. The summed E-state index contributed by atoms with van der Waals surface area (Å²) >= 11 is 0.